The summed E-state index contributed by atoms with van der Waals surface area (Å²) in [7, 11) is 0. The number of rotatable bonds is 4. The van der Waals surface area contributed by atoms with Crippen LogP contribution in [0.25, 0.3) is 0 Å². The first-order chi connectivity index (χ1) is 6.22. The molecule has 0 radical (unpaired) electrons. The average Bonchev–Trinajstić information content (AvgIpc) is 2.14. The number of thioether (sulfide) groups is 1. The van der Waals surface area contributed by atoms with Gasteiger partial charge < -0.3 is 5.73 Å². The molecule has 0 aromatic heterocycles. The van der Waals surface area contributed by atoms with Gasteiger partial charge in [-0.15, -0.1) is 0 Å². The average molecular weight is 195 g/mol. The van der Waals surface area contributed by atoms with Gasteiger partial charge in [-0.3, -0.25) is 0 Å². The lowest BCUT2D eigenvalue weighted by Crippen LogP contribution is -2.12. The Bertz CT molecular complexity index is 260. The van der Waals surface area contributed by atoms with Crippen LogP contribution in [0.3, 0.4) is 0 Å². The molecule has 0 saturated heterocycles. The Balaban J connectivity index is 2.45. The SMILES string of the molecule is Cc1cccc(CSC(C)CN)c1. The summed E-state index contributed by atoms with van der Waals surface area (Å²) in [5.41, 5.74) is 8.27. The molecule has 0 saturated carbocycles. The van der Waals surface area contributed by atoms with E-state index in [1.54, 1.807) is 0 Å². The van der Waals surface area contributed by atoms with Crippen molar-refractivity contribution in [2.24, 2.45) is 5.73 Å². The van der Waals surface area contributed by atoms with Crippen molar-refractivity contribution < 1.29 is 0 Å². The third-order valence-electron chi connectivity index (χ3n) is 1.95. The Hall–Kier alpha value is -0.470. The molecule has 0 aliphatic rings. The molecule has 0 heterocycles. The summed E-state index contributed by atoms with van der Waals surface area (Å²) in [5.74, 6) is 1.07. The number of benzene rings is 1. The highest BCUT2D eigenvalue weighted by atomic mass is 32.2. The molecule has 0 aliphatic heterocycles. The smallest absolute Gasteiger partial charge is 0.0187 e. The molecule has 2 heteroatoms. The second-order valence-electron chi connectivity index (χ2n) is 3.35. The highest BCUT2D eigenvalue weighted by Crippen LogP contribution is 2.17. The van der Waals surface area contributed by atoms with Gasteiger partial charge in [0, 0.05) is 17.5 Å². The zero-order valence-corrected chi connectivity index (χ0v) is 9.10. The van der Waals surface area contributed by atoms with E-state index in [4.69, 9.17) is 5.73 Å². The molecule has 0 fully saturated rings. The van der Waals surface area contributed by atoms with Crippen LogP contribution in [-0.2, 0) is 5.75 Å². The maximum absolute atomic E-state index is 5.55. The van der Waals surface area contributed by atoms with E-state index in [2.05, 4.69) is 38.1 Å². The summed E-state index contributed by atoms with van der Waals surface area (Å²) in [5, 5.41) is 0.556. The maximum Gasteiger partial charge on any atom is 0.0187 e. The fourth-order valence-electron chi connectivity index (χ4n) is 1.11. The van der Waals surface area contributed by atoms with Crippen molar-refractivity contribution in [1.29, 1.82) is 0 Å². The first-order valence-corrected chi connectivity index (χ1v) is 5.64. The molecule has 72 valence electrons. The summed E-state index contributed by atoms with van der Waals surface area (Å²) in [6.45, 7) is 5.05. The van der Waals surface area contributed by atoms with E-state index in [1.165, 1.54) is 11.1 Å². The predicted octanol–water partition coefficient (Wildman–Crippen LogP) is 2.58. The van der Waals surface area contributed by atoms with E-state index >= 15 is 0 Å². The van der Waals surface area contributed by atoms with Gasteiger partial charge in [-0.2, -0.15) is 11.8 Å². The largest absolute Gasteiger partial charge is 0.329 e. The third-order valence-corrected chi connectivity index (χ3v) is 3.21. The normalized spacial score (nSPS) is 12.8. The summed E-state index contributed by atoms with van der Waals surface area (Å²) in [6.07, 6.45) is 0. The minimum Gasteiger partial charge on any atom is -0.329 e. The van der Waals surface area contributed by atoms with Crippen LogP contribution in [0.5, 0.6) is 0 Å². The molecule has 1 atom stereocenters. The van der Waals surface area contributed by atoms with E-state index in [-0.39, 0.29) is 0 Å². The Morgan fingerprint density at radius 2 is 2.23 bits per heavy atom. The number of aryl methyl sites for hydroxylation is 1. The minimum atomic E-state index is 0.556. The third kappa shape index (κ3) is 3.83. The molecule has 1 aromatic carbocycles. The van der Waals surface area contributed by atoms with Crippen molar-refractivity contribution in [2.45, 2.75) is 24.9 Å². The lowest BCUT2D eigenvalue weighted by Gasteiger charge is -2.08. The minimum absolute atomic E-state index is 0.556. The van der Waals surface area contributed by atoms with E-state index < -0.39 is 0 Å². The Morgan fingerprint density at radius 3 is 2.85 bits per heavy atom. The molecule has 1 aromatic rings. The molecule has 1 unspecified atom stereocenters. The predicted molar refractivity (Wildman–Crippen MR) is 61.0 cm³/mol. The van der Waals surface area contributed by atoms with Gasteiger partial charge in [0.1, 0.15) is 0 Å². The topological polar surface area (TPSA) is 26.0 Å². The molecule has 0 bridgehead atoms. The van der Waals surface area contributed by atoms with Crippen LogP contribution in [0.15, 0.2) is 24.3 Å². The second kappa shape index (κ2) is 5.30. The Kier molecular flexibility index (Phi) is 4.33. The molecule has 0 aliphatic carbocycles. The summed E-state index contributed by atoms with van der Waals surface area (Å²) < 4.78 is 0. The van der Waals surface area contributed by atoms with Crippen molar-refractivity contribution >= 4 is 11.8 Å². The van der Waals surface area contributed by atoms with Gasteiger partial charge in [-0.05, 0) is 12.5 Å². The van der Waals surface area contributed by atoms with Gasteiger partial charge in [0.25, 0.3) is 0 Å². The highest BCUT2D eigenvalue weighted by molar-refractivity contribution is 7.99. The van der Waals surface area contributed by atoms with Crippen LogP contribution in [0.1, 0.15) is 18.1 Å². The van der Waals surface area contributed by atoms with Crippen LogP contribution in [0.4, 0.5) is 0 Å². The molecule has 0 amide bonds. The summed E-state index contributed by atoms with van der Waals surface area (Å²) >= 11 is 1.91. The van der Waals surface area contributed by atoms with E-state index in [0.29, 0.717) is 5.25 Å². The van der Waals surface area contributed by atoms with Gasteiger partial charge in [0.15, 0.2) is 0 Å². The van der Waals surface area contributed by atoms with Crippen molar-refractivity contribution in [3.8, 4) is 0 Å². The zero-order chi connectivity index (χ0) is 9.68. The van der Waals surface area contributed by atoms with Gasteiger partial charge in [0.2, 0.25) is 0 Å². The first kappa shape index (κ1) is 10.6. The van der Waals surface area contributed by atoms with Gasteiger partial charge >= 0.3 is 0 Å². The highest BCUT2D eigenvalue weighted by Gasteiger charge is 1.99. The molecular formula is C11H17NS. The lowest BCUT2D eigenvalue weighted by atomic mass is 10.2. The standard InChI is InChI=1S/C11H17NS/c1-9-4-3-5-11(6-9)8-13-10(2)7-12/h3-6,10H,7-8,12H2,1-2H3. The summed E-state index contributed by atoms with van der Waals surface area (Å²) in [4.78, 5) is 0. The fraction of sp³-hybridized carbons (Fsp3) is 0.455. The molecule has 0 spiro atoms. The molecular weight excluding hydrogens is 178 g/mol. The Labute approximate surface area is 84.7 Å². The Morgan fingerprint density at radius 1 is 1.46 bits per heavy atom. The van der Waals surface area contributed by atoms with Crippen LogP contribution in [0, 0.1) is 6.92 Å². The number of hydrogen-bond acceptors (Lipinski definition) is 2. The van der Waals surface area contributed by atoms with Gasteiger partial charge in [0.05, 0.1) is 0 Å². The van der Waals surface area contributed by atoms with E-state index in [9.17, 15) is 0 Å². The summed E-state index contributed by atoms with van der Waals surface area (Å²) in [6, 6.07) is 8.64. The van der Waals surface area contributed by atoms with Crippen molar-refractivity contribution in [2.75, 3.05) is 6.54 Å². The molecule has 13 heavy (non-hydrogen) atoms. The van der Waals surface area contributed by atoms with Crippen molar-refractivity contribution in [1.82, 2.24) is 0 Å². The van der Waals surface area contributed by atoms with Gasteiger partial charge in [-0.1, -0.05) is 36.8 Å². The van der Waals surface area contributed by atoms with Crippen molar-refractivity contribution in [3.63, 3.8) is 0 Å². The maximum atomic E-state index is 5.55. The van der Waals surface area contributed by atoms with Gasteiger partial charge in [-0.25, -0.2) is 0 Å². The molecule has 1 rings (SSSR count). The quantitative estimate of drug-likeness (QED) is 0.799. The lowest BCUT2D eigenvalue weighted by molar-refractivity contribution is 0.950. The second-order valence-corrected chi connectivity index (χ2v) is 4.77. The van der Waals surface area contributed by atoms with E-state index in [1.807, 2.05) is 11.8 Å². The van der Waals surface area contributed by atoms with Crippen LogP contribution in [-0.4, -0.2) is 11.8 Å². The number of hydrogen-bond donors (Lipinski definition) is 1. The molecule has 2 N–H and O–H groups in total. The monoisotopic (exact) mass is 195 g/mol. The fourth-order valence-corrected chi connectivity index (χ4v) is 1.90. The van der Waals surface area contributed by atoms with Crippen molar-refractivity contribution in [3.05, 3.63) is 35.4 Å². The van der Waals surface area contributed by atoms with Crippen LogP contribution in [0.2, 0.25) is 0 Å². The first-order valence-electron chi connectivity index (χ1n) is 4.59. The number of nitrogens with two attached hydrogens (primary N) is 1. The van der Waals surface area contributed by atoms with Crippen LogP contribution < -0.4 is 5.73 Å². The zero-order valence-electron chi connectivity index (χ0n) is 8.29. The van der Waals surface area contributed by atoms with Crippen LogP contribution >= 0.6 is 11.8 Å². The van der Waals surface area contributed by atoms with E-state index in [0.717, 1.165) is 12.3 Å². The molecule has 1 nitrogen and oxygen atoms in total.